The van der Waals surface area contributed by atoms with Gasteiger partial charge in [-0.3, -0.25) is 14.4 Å². The highest BCUT2D eigenvalue weighted by Crippen LogP contribution is 2.22. The third kappa shape index (κ3) is 6.17. The second-order valence-electron chi connectivity index (χ2n) is 7.72. The first-order valence-corrected chi connectivity index (χ1v) is 9.09. The summed E-state index contributed by atoms with van der Waals surface area (Å²) in [6, 6.07) is 7.46. The quantitative estimate of drug-likeness (QED) is 0.763. The Morgan fingerprint density at radius 2 is 1.69 bits per heavy atom. The zero-order valence-corrected chi connectivity index (χ0v) is 15.8. The van der Waals surface area contributed by atoms with Gasteiger partial charge >= 0.3 is 5.97 Å². The van der Waals surface area contributed by atoms with Crippen molar-refractivity contribution in [2.45, 2.75) is 57.9 Å². The summed E-state index contributed by atoms with van der Waals surface area (Å²) in [6.45, 7) is 5.71. The van der Waals surface area contributed by atoms with E-state index in [-0.39, 0.29) is 36.4 Å². The number of carbonyl (C=O) groups is 3. The van der Waals surface area contributed by atoms with Gasteiger partial charge in [0.1, 0.15) is 6.54 Å². The molecule has 1 aliphatic rings. The number of ether oxygens (including phenoxy) is 1. The third-order valence-electron chi connectivity index (χ3n) is 4.49. The molecular formula is C20H28N2O4. The van der Waals surface area contributed by atoms with Gasteiger partial charge in [0.05, 0.1) is 0 Å². The lowest BCUT2D eigenvalue weighted by molar-refractivity contribution is -0.147. The van der Waals surface area contributed by atoms with E-state index >= 15 is 0 Å². The van der Waals surface area contributed by atoms with E-state index in [2.05, 4.69) is 31.4 Å². The molecule has 0 atom stereocenters. The van der Waals surface area contributed by atoms with Gasteiger partial charge in [0.2, 0.25) is 0 Å². The van der Waals surface area contributed by atoms with Crippen LogP contribution in [0, 0.1) is 0 Å². The van der Waals surface area contributed by atoms with Crippen molar-refractivity contribution in [3.8, 4) is 0 Å². The Morgan fingerprint density at radius 1 is 1.08 bits per heavy atom. The highest BCUT2D eigenvalue weighted by molar-refractivity contribution is 5.96. The van der Waals surface area contributed by atoms with Crippen LogP contribution in [0.5, 0.6) is 0 Å². The van der Waals surface area contributed by atoms with Crippen molar-refractivity contribution in [2.24, 2.45) is 0 Å². The average molecular weight is 360 g/mol. The van der Waals surface area contributed by atoms with Crippen molar-refractivity contribution in [2.75, 3.05) is 13.2 Å². The Hall–Kier alpha value is -2.37. The molecule has 6 heteroatoms. The SMILES string of the molecule is CC(C)(C)c1ccc(C(=O)NCC(=O)OCC(=O)NC2CCCC2)cc1. The van der Waals surface area contributed by atoms with E-state index < -0.39 is 5.97 Å². The predicted molar refractivity (Wildman–Crippen MR) is 98.8 cm³/mol. The molecule has 2 rings (SSSR count). The fraction of sp³-hybridized carbons (Fsp3) is 0.550. The van der Waals surface area contributed by atoms with Crippen LogP contribution in [0.4, 0.5) is 0 Å². The number of carbonyl (C=O) groups excluding carboxylic acids is 3. The number of rotatable bonds is 6. The predicted octanol–water partition coefficient (Wildman–Crippen LogP) is 2.32. The van der Waals surface area contributed by atoms with Crippen LogP contribution in [-0.4, -0.2) is 37.0 Å². The Kier molecular flexibility index (Phi) is 6.77. The Labute approximate surface area is 154 Å². The van der Waals surface area contributed by atoms with Crippen LogP contribution in [0.1, 0.15) is 62.4 Å². The first-order chi connectivity index (χ1) is 12.3. The van der Waals surface area contributed by atoms with Crippen LogP contribution in [0.25, 0.3) is 0 Å². The molecule has 0 heterocycles. The summed E-state index contributed by atoms with van der Waals surface area (Å²) in [5.41, 5.74) is 1.62. The number of amides is 2. The summed E-state index contributed by atoms with van der Waals surface area (Å²) >= 11 is 0. The Bertz CT molecular complexity index is 641. The zero-order chi connectivity index (χ0) is 19.2. The maximum absolute atomic E-state index is 12.1. The van der Waals surface area contributed by atoms with E-state index in [1.807, 2.05) is 12.1 Å². The lowest BCUT2D eigenvalue weighted by Crippen LogP contribution is -2.37. The summed E-state index contributed by atoms with van der Waals surface area (Å²) in [5, 5.41) is 5.35. The minimum Gasteiger partial charge on any atom is -0.454 e. The lowest BCUT2D eigenvalue weighted by atomic mass is 9.87. The third-order valence-corrected chi connectivity index (χ3v) is 4.49. The summed E-state index contributed by atoms with van der Waals surface area (Å²) in [5.74, 6) is -1.28. The molecule has 2 N–H and O–H groups in total. The van der Waals surface area contributed by atoms with Crippen molar-refractivity contribution in [1.82, 2.24) is 10.6 Å². The molecule has 0 radical (unpaired) electrons. The van der Waals surface area contributed by atoms with Crippen molar-refractivity contribution in [3.63, 3.8) is 0 Å². The van der Waals surface area contributed by atoms with E-state index in [1.54, 1.807) is 12.1 Å². The number of nitrogens with one attached hydrogen (secondary N) is 2. The summed E-state index contributed by atoms with van der Waals surface area (Å²) in [6.07, 6.45) is 4.19. The Morgan fingerprint density at radius 3 is 2.27 bits per heavy atom. The van der Waals surface area contributed by atoms with Gasteiger partial charge in [-0.15, -0.1) is 0 Å². The van der Waals surface area contributed by atoms with Crippen molar-refractivity contribution < 1.29 is 19.1 Å². The number of esters is 1. The molecule has 0 aromatic heterocycles. The van der Waals surface area contributed by atoms with Crippen LogP contribution in [0.15, 0.2) is 24.3 Å². The molecule has 142 valence electrons. The lowest BCUT2D eigenvalue weighted by Gasteiger charge is -2.19. The molecule has 6 nitrogen and oxygen atoms in total. The second-order valence-corrected chi connectivity index (χ2v) is 7.72. The normalized spacial score (nSPS) is 14.7. The van der Waals surface area contributed by atoms with E-state index in [0.29, 0.717) is 5.56 Å². The largest absolute Gasteiger partial charge is 0.454 e. The van der Waals surface area contributed by atoms with Gasteiger partial charge < -0.3 is 15.4 Å². The van der Waals surface area contributed by atoms with Crippen LogP contribution in [-0.2, 0) is 19.7 Å². The number of benzene rings is 1. The maximum atomic E-state index is 12.1. The zero-order valence-electron chi connectivity index (χ0n) is 15.8. The van der Waals surface area contributed by atoms with Crippen molar-refractivity contribution in [3.05, 3.63) is 35.4 Å². The summed E-state index contributed by atoms with van der Waals surface area (Å²) in [4.78, 5) is 35.5. The second kappa shape index (κ2) is 8.83. The van der Waals surface area contributed by atoms with Crippen LogP contribution >= 0.6 is 0 Å². The standard InChI is InChI=1S/C20H28N2O4/c1-20(2,3)15-10-8-14(9-11-15)19(25)21-12-18(24)26-13-17(23)22-16-6-4-5-7-16/h8-11,16H,4-7,12-13H2,1-3H3,(H,21,25)(H,22,23). The first-order valence-electron chi connectivity index (χ1n) is 9.09. The van der Waals surface area contributed by atoms with E-state index in [9.17, 15) is 14.4 Å². The van der Waals surface area contributed by atoms with Gasteiger partial charge in [0.15, 0.2) is 6.61 Å². The van der Waals surface area contributed by atoms with Crippen LogP contribution in [0.3, 0.4) is 0 Å². The van der Waals surface area contributed by atoms with Gasteiger partial charge in [-0.1, -0.05) is 45.7 Å². The first kappa shape index (κ1) is 19.9. The van der Waals surface area contributed by atoms with Crippen molar-refractivity contribution in [1.29, 1.82) is 0 Å². The maximum Gasteiger partial charge on any atom is 0.325 e. The average Bonchev–Trinajstić information content (AvgIpc) is 3.10. The molecule has 1 aromatic rings. The molecule has 2 amide bonds. The highest BCUT2D eigenvalue weighted by atomic mass is 16.5. The molecule has 0 saturated heterocycles. The van der Waals surface area contributed by atoms with Gasteiger partial charge in [-0.2, -0.15) is 0 Å². The molecule has 0 spiro atoms. The minimum atomic E-state index is -0.633. The van der Waals surface area contributed by atoms with E-state index in [0.717, 1.165) is 31.2 Å². The fourth-order valence-electron chi connectivity index (χ4n) is 2.91. The molecular weight excluding hydrogens is 332 g/mol. The van der Waals surface area contributed by atoms with E-state index in [1.165, 1.54) is 0 Å². The number of hydrogen-bond acceptors (Lipinski definition) is 4. The van der Waals surface area contributed by atoms with Crippen molar-refractivity contribution >= 4 is 17.8 Å². The van der Waals surface area contributed by atoms with Crippen LogP contribution in [0.2, 0.25) is 0 Å². The molecule has 1 aliphatic carbocycles. The molecule has 1 aromatic carbocycles. The monoisotopic (exact) mass is 360 g/mol. The molecule has 26 heavy (non-hydrogen) atoms. The van der Waals surface area contributed by atoms with Crippen LogP contribution < -0.4 is 10.6 Å². The van der Waals surface area contributed by atoms with Gasteiger partial charge in [-0.05, 0) is 36.0 Å². The number of hydrogen-bond donors (Lipinski definition) is 2. The van der Waals surface area contributed by atoms with Gasteiger partial charge in [-0.25, -0.2) is 0 Å². The summed E-state index contributed by atoms with van der Waals surface area (Å²) in [7, 11) is 0. The fourth-order valence-corrected chi connectivity index (χ4v) is 2.91. The van der Waals surface area contributed by atoms with E-state index in [4.69, 9.17) is 4.74 Å². The molecule has 0 unspecified atom stereocenters. The molecule has 0 bridgehead atoms. The van der Waals surface area contributed by atoms with Gasteiger partial charge in [0.25, 0.3) is 11.8 Å². The van der Waals surface area contributed by atoms with Gasteiger partial charge in [0, 0.05) is 11.6 Å². The Balaban J connectivity index is 1.71. The highest BCUT2D eigenvalue weighted by Gasteiger charge is 2.18. The minimum absolute atomic E-state index is 0.0118. The topological polar surface area (TPSA) is 84.5 Å². The molecule has 1 fully saturated rings. The summed E-state index contributed by atoms with van der Waals surface area (Å²) < 4.78 is 4.90. The molecule has 0 aliphatic heterocycles. The smallest absolute Gasteiger partial charge is 0.325 e. The molecule has 1 saturated carbocycles.